The average molecular weight is 398 g/mol. The Morgan fingerprint density at radius 2 is 1.66 bits per heavy atom. The molecule has 0 spiro atoms. The van der Waals surface area contributed by atoms with Crippen molar-refractivity contribution in [2.24, 2.45) is 0 Å². The number of benzene rings is 2. The van der Waals surface area contributed by atoms with Crippen molar-refractivity contribution in [3.8, 4) is 0 Å². The summed E-state index contributed by atoms with van der Waals surface area (Å²) in [5, 5.41) is 5.57. The molecule has 1 saturated heterocycles. The minimum absolute atomic E-state index is 0.171. The van der Waals surface area contributed by atoms with E-state index in [0.717, 1.165) is 60.7 Å². The van der Waals surface area contributed by atoms with E-state index >= 15 is 0 Å². The van der Waals surface area contributed by atoms with Crippen LogP contribution in [0.4, 0.5) is 14.6 Å². The van der Waals surface area contributed by atoms with Crippen LogP contribution >= 0.6 is 0 Å². The maximum absolute atomic E-state index is 13.4. The number of carbonyl (C=O) groups is 1. The summed E-state index contributed by atoms with van der Waals surface area (Å²) in [4.78, 5) is 28.2. The molecule has 150 valence electrons. The molecule has 1 aliphatic heterocycles. The summed E-state index contributed by atoms with van der Waals surface area (Å²) in [5.41, 5.74) is 2.16. The lowest BCUT2D eigenvalue weighted by atomic mass is 10.1. The first-order valence-electron chi connectivity index (χ1n) is 9.53. The summed E-state index contributed by atoms with van der Waals surface area (Å²) in [6.07, 6.45) is 2.93. The van der Waals surface area contributed by atoms with Gasteiger partial charge in [-0.1, -0.05) is 18.2 Å². The Labute approximate surface area is 165 Å². The van der Waals surface area contributed by atoms with Gasteiger partial charge in [-0.3, -0.25) is 9.59 Å². The molecule has 6 nitrogen and oxygen atoms in total. The Morgan fingerprint density at radius 3 is 2.34 bits per heavy atom. The van der Waals surface area contributed by atoms with Crippen LogP contribution in [0, 0.1) is 11.6 Å². The Bertz CT molecular complexity index is 1100. The predicted molar refractivity (Wildman–Crippen MR) is 106 cm³/mol. The van der Waals surface area contributed by atoms with Gasteiger partial charge >= 0.3 is 0 Å². The molecule has 29 heavy (non-hydrogen) atoms. The van der Waals surface area contributed by atoms with Crippen LogP contribution in [-0.4, -0.2) is 28.9 Å². The summed E-state index contributed by atoms with van der Waals surface area (Å²) in [6, 6.07) is 10.0. The minimum Gasteiger partial charge on any atom is -0.355 e. The van der Waals surface area contributed by atoms with Gasteiger partial charge in [-0.15, -0.1) is 9.89 Å². The molecular formula is C21H20F2N4O2. The van der Waals surface area contributed by atoms with E-state index in [9.17, 15) is 18.4 Å². The zero-order valence-electron chi connectivity index (χ0n) is 15.7. The first kappa shape index (κ1) is 19.0. The number of nitrogens with one attached hydrogen (secondary N) is 1. The van der Waals surface area contributed by atoms with Crippen LogP contribution in [0.3, 0.4) is 0 Å². The predicted octanol–water partition coefficient (Wildman–Crippen LogP) is 2.98. The Balaban J connectivity index is 1.67. The van der Waals surface area contributed by atoms with Crippen molar-refractivity contribution in [2.45, 2.75) is 25.7 Å². The second-order valence-electron chi connectivity index (χ2n) is 7.12. The number of anilines is 1. The third-order valence-electron chi connectivity index (χ3n) is 4.96. The topological polar surface area (TPSA) is 67.2 Å². The van der Waals surface area contributed by atoms with Crippen molar-refractivity contribution in [1.29, 1.82) is 0 Å². The number of carbonyl (C=O) groups excluding carboxylic acids is 1. The number of hydrogen-bond acceptors (Lipinski definition) is 4. The Morgan fingerprint density at radius 1 is 1.00 bits per heavy atom. The minimum atomic E-state index is -0.763. The molecule has 2 aromatic carbocycles. The Kier molecular flexibility index (Phi) is 5.24. The zero-order valence-corrected chi connectivity index (χ0v) is 15.7. The lowest BCUT2D eigenvalue weighted by Gasteiger charge is -2.28. The van der Waals surface area contributed by atoms with E-state index in [-0.39, 0.29) is 12.0 Å². The van der Waals surface area contributed by atoms with Crippen molar-refractivity contribution < 1.29 is 13.6 Å². The first-order valence-corrected chi connectivity index (χ1v) is 9.53. The molecule has 4 rings (SSSR count). The zero-order chi connectivity index (χ0) is 20.4. The summed E-state index contributed by atoms with van der Waals surface area (Å²) in [7, 11) is 0. The molecule has 0 bridgehead atoms. The van der Waals surface area contributed by atoms with Crippen LogP contribution in [0.15, 0.2) is 47.3 Å². The van der Waals surface area contributed by atoms with Gasteiger partial charge in [-0.2, -0.15) is 0 Å². The number of halogens is 2. The van der Waals surface area contributed by atoms with Crippen LogP contribution in [-0.2, 0) is 11.2 Å². The maximum atomic E-state index is 13.4. The number of fused-ring (bicyclic) bond motifs is 1. The van der Waals surface area contributed by atoms with Gasteiger partial charge < -0.3 is 4.90 Å². The van der Waals surface area contributed by atoms with Gasteiger partial charge in [0.05, 0.1) is 11.8 Å². The molecule has 2 heterocycles. The van der Waals surface area contributed by atoms with Crippen LogP contribution in [0.25, 0.3) is 10.8 Å². The normalized spacial score (nSPS) is 14.2. The number of rotatable bonds is 4. The summed E-state index contributed by atoms with van der Waals surface area (Å²) in [6.45, 7) is 1.65. The molecule has 0 atom stereocenters. The highest BCUT2D eigenvalue weighted by Crippen LogP contribution is 2.24. The Hall–Kier alpha value is -3.29. The summed E-state index contributed by atoms with van der Waals surface area (Å²) < 4.78 is 26.7. The smallest absolute Gasteiger partial charge is 0.294 e. The molecule has 1 aliphatic rings. The fourth-order valence-corrected chi connectivity index (χ4v) is 3.64. The maximum Gasteiger partial charge on any atom is 0.294 e. The van der Waals surface area contributed by atoms with Gasteiger partial charge in [-0.25, -0.2) is 14.2 Å². The number of hydrogen-bond donors (Lipinski definition) is 1. The number of piperidine rings is 1. The number of nitrogens with zero attached hydrogens (tertiary/aromatic N) is 3. The molecule has 0 saturated carbocycles. The number of aromatic nitrogens is 2. The molecular weight excluding hydrogens is 378 g/mol. The standard InChI is InChI=1S/C21H20F2N4O2/c22-15-10-14(11-16(23)13-15)12-19(28)24-27-21(29)18-7-3-2-6-17(18)20(25-27)26-8-4-1-5-9-26/h2-3,6-7,10-11,13H,1,4-5,8-9,12H2,(H,24,28). The van der Waals surface area contributed by atoms with Crippen molar-refractivity contribution in [3.63, 3.8) is 0 Å². The fourth-order valence-electron chi connectivity index (χ4n) is 3.64. The van der Waals surface area contributed by atoms with E-state index in [1.54, 1.807) is 12.1 Å². The van der Waals surface area contributed by atoms with Gasteiger partial charge in [0.25, 0.3) is 5.56 Å². The van der Waals surface area contributed by atoms with Gasteiger partial charge in [-0.05, 0) is 43.0 Å². The van der Waals surface area contributed by atoms with Crippen molar-refractivity contribution in [2.75, 3.05) is 23.4 Å². The van der Waals surface area contributed by atoms with Crippen LogP contribution < -0.4 is 15.9 Å². The molecule has 8 heteroatoms. The van der Waals surface area contributed by atoms with E-state index in [1.807, 2.05) is 12.1 Å². The molecule has 1 aromatic heterocycles. The fraction of sp³-hybridized carbons (Fsp3) is 0.286. The summed E-state index contributed by atoms with van der Waals surface area (Å²) in [5.74, 6) is -1.48. The molecule has 0 radical (unpaired) electrons. The highest BCUT2D eigenvalue weighted by molar-refractivity contribution is 5.92. The third kappa shape index (κ3) is 4.11. The molecule has 1 amide bonds. The average Bonchev–Trinajstić information content (AvgIpc) is 2.70. The highest BCUT2D eigenvalue weighted by Gasteiger charge is 2.19. The molecule has 1 N–H and O–H groups in total. The van der Waals surface area contributed by atoms with E-state index in [2.05, 4.69) is 15.4 Å². The second kappa shape index (κ2) is 7.98. The SMILES string of the molecule is O=C(Cc1cc(F)cc(F)c1)Nn1nc(N2CCCCC2)c2ccccc2c1=O. The second-order valence-corrected chi connectivity index (χ2v) is 7.12. The largest absolute Gasteiger partial charge is 0.355 e. The first-order chi connectivity index (χ1) is 14.0. The van der Waals surface area contributed by atoms with E-state index in [1.165, 1.54) is 0 Å². The van der Waals surface area contributed by atoms with E-state index in [0.29, 0.717) is 11.2 Å². The van der Waals surface area contributed by atoms with Crippen LogP contribution in [0.2, 0.25) is 0 Å². The van der Waals surface area contributed by atoms with Crippen molar-refractivity contribution >= 4 is 22.5 Å². The lowest BCUT2D eigenvalue weighted by Crippen LogP contribution is -2.39. The van der Waals surface area contributed by atoms with E-state index in [4.69, 9.17) is 0 Å². The summed E-state index contributed by atoms with van der Waals surface area (Å²) >= 11 is 0. The van der Waals surface area contributed by atoms with Crippen molar-refractivity contribution in [1.82, 2.24) is 9.89 Å². The molecule has 1 fully saturated rings. The van der Waals surface area contributed by atoms with Gasteiger partial charge in [0.1, 0.15) is 11.6 Å². The monoisotopic (exact) mass is 398 g/mol. The van der Waals surface area contributed by atoms with Crippen molar-refractivity contribution in [3.05, 3.63) is 70.0 Å². The molecule has 0 unspecified atom stereocenters. The van der Waals surface area contributed by atoms with Crippen LogP contribution in [0.5, 0.6) is 0 Å². The lowest BCUT2D eigenvalue weighted by molar-refractivity contribution is -0.116. The van der Waals surface area contributed by atoms with Gasteiger partial charge in [0, 0.05) is 24.5 Å². The highest BCUT2D eigenvalue weighted by atomic mass is 19.1. The molecule has 0 aliphatic carbocycles. The quantitative estimate of drug-likeness (QED) is 0.734. The number of amides is 1. The third-order valence-corrected chi connectivity index (χ3v) is 4.96. The molecule has 3 aromatic rings. The van der Waals surface area contributed by atoms with E-state index < -0.39 is 23.1 Å². The van der Waals surface area contributed by atoms with Gasteiger partial charge in [0.15, 0.2) is 5.82 Å². The van der Waals surface area contributed by atoms with Gasteiger partial charge in [0.2, 0.25) is 5.91 Å². The van der Waals surface area contributed by atoms with Crippen LogP contribution in [0.1, 0.15) is 24.8 Å².